The molecular formula is C31H28N6O5. The molecule has 0 aromatic heterocycles. The van der Waals surface area contributed by atoms with Gasteiger partial charge in [-0.2, -0.15) is 0 Å². The molecule has 0 bridgehead atoms. The molecule has 4 amide bonds. The third-order valence-electron chi connectivity index (χ3n) is 7.52. The number of fused-ring (bicyclic) bond motifs is 1. The molecule has 212 valence electrons. The Labute approximate surface area is 241 Å². The standard InChI is InChI=1S/C31H28N6O5/c38-29-26(34-31(40)35-29)16-19-6-10-22(11-7-19)32-28(21-8-4-20(5-9-21)18-36-14-2-1-3-15-36)27-24-17-23(37(41)42)12-13-25(24)33-30(27)39/h4-13,16-17,32H,1-3,14-15,18H2,(H,33,39)(H2,34,35,38,40)/b26-16-,28-27?. The summed E-state index contributed by atoms with van der Waals surface area (Å²) in [5, 5.41) is 22.3. The quantitative estimate of drug-likeness (QED) is 0.141. The van der Waals surface area contributed by atoms with Crippen LogP contribution in [0, 0.1) is 10.1 Å². The number of likely N-dealkylation sites (tertiary alicyclic amines) is 1. The molecule has 3 aromatic rings. The molecule has 0 radical (unpaired) electrons. The maximum Gasteiger partial charge on any atom is 0.326 e. The predicted octanol–water partition coefficient (Wildman–Crippen LogP) is 4.69. The average Bonchev–Trinajstić information content (AvgIpc) is 3.49. The number of piperidine rings is 1. The number of nitrogens with zero attached hydrogens (tertiary/aromatic N) is 2. The first-order chi connectivity index (χ1) is 20.3. The first kappa shape index (κ1) is 26.9. The lowest BCUT2D eigenvalue weighted by Gasteiger charge is -2.26. The van der Waals surface area contributed by atoms with E-state index in [1.807, 2.05) is 24.3 Å². The van der Waals surface area contributed by atoms with Crippen molar-refractivity contribution in [3.63, 3.8) is 0 Å². The number of urea groups is 1. The smallest absolute Gasteiger partial charge is 0.326 e. The van der Waals surface area contributed by atoms with Gasteiger partial charge in [0.1, 0.15) is 5.70 Å². The second-order valence-corrected chi connectivity index (χ2v) is 10.4. The molecule has 2 fully saturated rings. The summed E-state index contributed by atoms with van der Waals surface area (Å²) >= 11 is 0. The van der Waals surface area contributed by atoms with Gasteiger partial charge in [-0.1, -0.05) is 42.8 Å². The SMILES string of the molecule is O=C1NC(=O)/C(=C/c2ccc(NC(=C3C(=O)Nc4ccc([N+](=O)[O-])cc43)c3ccc(CN4CCCCC4)cc3)cc2)N1. The van der Waals surface area contributed by atoms with Gasteiger partial charge in [0, 0.05) is 35.6 Å². The molecule has 11 nitrogen and oxygen atoms in total. The Morgan fingerprint density at radius 3 is 2.29 bits per heavy atom. The van der Waals surface area contributed by atoms with Crippen molar-refractivity contribution >= 4 is 52.3 Å². The molecule has 11 heteroatoms. The van der Waals surface area contributed by atoms with Crippen LogP contribution in [-0.2, 0) is 16.1 Å². The number of benzene rings is 3. The third kappa shape index (κ3) is 5.63. The van der Waals surface area contributed by atoms with Crippen LogP contribution in [0.3, 0.4) is 0 Å². The van der Waals surface area contributed by atoms with Crippen molar-refractivity contribution in [2.45, 2.75) is 25.8 Å². The molecule has 3 aromatic carbocycles. The molecule has 2 saturated heterocycles. The fourth-order valence-electron chi connectivity index (χ4n) is 5.40. The van der Waals surface area contributed by atoms with E-state index in [4.69, 9.17) is 0 Å². The van der Waals surface area contributed by atoms with Gasteiger partial charge in [0.25, 0.3) is 17.5 Å². The van der Waals surface area contributed by atoms with Gasteiger partial charge in [-0.15, -0.1) is 0 Å². The number of carbonyl (C=O) groups is 3. The van der Waals surface area contributed by atoms with Crippen LogP contribution >= 0.6 is 0 Å². The Hall–Kier alpha value is -5.29. The van der Waals surface area contributed by atoms with E-state index in [0.717, 1.165) is 30.8 Å². The highest BCUT2D eigenvalue weighted by Gasteiger charge is 2.30. The van der Waals surface area contributed by atoms with Crippen molar-refractivity contribution in [2.24, 2.45) is 0 Å². The van der Waals surface area contributed by atoms with Crippen molar-refractivity contribution < 1.29 is 19.3 Å². The minimum absolute atomic E-state index is 0.112. The lowest BCUT2D eigenvalue weighted by molar-refractivity contribution is -0.384. The Kier molecular flexibility index (Phi) is 7.24. The van der Waals surface area contributed by atoms with E-state index in [1.165, 1.54) is 37.5 Å². The van der Waals surface area contributed by atoms with E-state index in [-0.39, 0.29) is 17.3 Å². The highest BCUT2D eigenvalue weighted by Crippen LogP contribution is 2.39. The largest absolute Gasteiger partial charge is 0.354 e. The minimum atomic E-state index is -0.571. The first-order valence-electron chi connectivity index (χ1n) is 13.7. The number of carbonyl (C=O) groups excluding carboxylic acids is 3. The summed E-state index contributed by atoms with van der Waals surface area (Å²) in [6.45, 7) is 3.01. The monoisotopic (exact) mass is 564 g/mol. The van der Waals surface area contributed by atoms with Crippen LogP contribution in [0.5, 0.6) is 0 Å². The molecule has 0 aliphatic carbocycles. The van der Waals surface area contributed by atoms with Crippen LogP contribution in [0.25, 0.3) is 17.3 Å². The summed E-state index contributed by atoms with van der Waals surface area (Å²) in [5.41, 5.74) is 5.04. The molecular weight excluding hydrogens is 536 g/mol. The van der Waals surface area contributed by atoms with Gasteiger partial charge in [0.15, 0.2) is 0 Å². The summed E-state index contributed by atoms with van der Waals surface area (Å²) in [4.78, 5) is 50.1. The van der Waals surface area contributed by atoms with Gasteiger partial charge in [-0.3, -0.25) is 29.9 Å². The van der Waals surface area contributed by atoms with Crippen LogP contribution in [0.4, 0.5) is 21.9 Å². The number of hydrogen-bond donors (Lipinski definition) is 4. The summed E-state index contributed by atoms with van der Waals surface area (Å²) in [6, 6.07) is 18.9. The molecule has 0 spiro atoms. The van der Waals surface area contributed by atoms with Crippen molar-refractivity contribution in [3.05, 3.63) is 105 Å². The van der Waals surface area contributed by atoms with E-state index in [2.05, 4.69) is 26.2 Å². The maximum atomic E-state index is 13.3. The minimum Gasteiger partial charge on any atom is -0.354 e. The summed E-state index contributed by atoms with van der Waals surface area (Å²) in [5.74, 6) is -0.868. The molecule has 0 atom stereocenters. The second-order valence-electron chi connectivity index (χ2n) is 10.4. The average molecular weight is 565 g/mol. The zero-order valence-corrected chi connectivity index (χ0v) is 22.6. The fourth-order valence-corrected chi connectivity index (χ4v) is 5.40. The van der Waals surface area contributed by atoms with E-state index >= 15 is 0 Å². The number of nitrogens with one attached hydrogen (secondary N) is 4. The Morgan fingerprint density at radius 1 is 0.881 bits per heavy atom. The van der Waals surface area contributed by atoms with Crippen LogP contribution in [0.1, 0.15) is 41.5 Å². The van der Waals surface area contributed by atoms with Gasteiger partial charge in [-0.05, 0) is 66.9 Å². The van der Waals surface area contributed by atoms with E-state index < -0.39 is 16.9 Å². The van der Waals surface area contributed by atoms with Crippen LogP contribution in [0.2, 0.25) is 0 Å². The van der Waals surface area contributed by atoms with Crippen LogP contribution in [-0.4, -0.2) is 40.8 Å². The predicted molar refractivity (Wildman–Crippen MR) is 159 cm³/mol. The summed E-state index contributed by atoms with van der Waals surface area (Å²) < 4.78 is 0. The lowest BCUT2D eigenvalue weighted by atomic mass is 9.98. The maximum absolute atomic E-state index is 13.3. The number of hydrogen-bond acceptors (Lipinski definition) is 7. The molecule has 3 heterocycles. The number of anilines is 2. The Balaban J connectivity index is 1.35. The van der Waals surface area contributed by atoms with Crippen LogP contribution < -0.4 is 21.3 Å². The first-order valence-corrected chi connectivity index (χ1v) is 13.7. The number of rotatable bonds is 7. The molecule has 0 saturated carbocycles. The summed E-state index contributed by atoms with van der Waals surface area (Å²) in [7, 11) is 0. The van der Waals surface area contributed by atoms with Crippen molar-refractivity contribution in [1.29, 1.82) is 0 Å². The summed E-state index contributed by atoms with van der Waals surface area (Å²) in [6.07, 6.45) is 5.24. The molecule has 0 unspecified atom stereocenters. The van der Waals surface area contributed by atoms with Crippen molar-refractivity contribution in [1.82, 2.24) is 15.5 Å². The van der Waals surface area contributed by atoms with E-state index in [9.17, 15) is 24.5 Å². The number of amides is 4. The Morgan fingerprint density at radius 2 is 1.62 bits per heavy atom. The van der Waals surface area contributed by atoms with Crippen molar-refractivity contribution in [2.75, 3.05) is 23.7 Å². The van der Waals surface area contributed by atoms with Crippen LogP contribution in [0.15, 0.2) is 72.4 Å². The number of nitro benzene ring substituents is 1. The molecule has 3 aliphatic heterocycles. The fraction of sp³-hybridized carbons (Fsp3) is 0.194. The second kappa shape index (κ2) is 11.3. The molecule has 3 aliphatic rings. The highest BCUT2D eigenvalue weighted by atomic mass is 16.6. The Bertz CT molecular complexity index is 1650. The molecule has 4 N–H and O–H groups in total. The van der Waals surface area contributed by atoms with Gasteiger partial charge >= 0.3 is 6.03 Å². The van der Waals surface area contributed by atoms with Gasteiger partial charge in [0.2, 0.25) is 0 Å². The number of non-ortho nitro benzene ring substituents is 1. The number of imide groups is 1. The third-order valence-corrected chi connectivity index (χ3v) is 7.52. The topological polar surface area (TPSA) is 146 Å². The normalized spacial score (nSPS) is 18.8. The van der Waals surface area contributed by atoms with Gasteiger partial charge < -0.3 is 16.0 Å². The van der Waals surface area contributed by atoms with Crippen molar-refractivity contribution in [3.8, 4) is 0 Å². The zero-order valence-electron chi connectivity index (χ0n) is 22.6. The van der Waals surface area contributed by atoms with Gasteiger partial charge in [-0.25, -0.2) is 4.79 Å². The van der Waals surface area contributed by atoms with Gasteiger partial charge in [0.05, 0.1) is 16.2 Å². The highest BCUT2D eigenvalue weighted by molar-refractivity contribution is 6.37. The lowest BCUT2D eigenvalue weighted by Crippen LogP contribution is -2.29. The van der Waals surface area contributed by atoms with E-state index in [0.29, 0.717) is 33.8 Å². The zero-order chi connectivity index (χ0) is 29.2. The number of nitro groups is 1. The molecule has 6 rings (SSSR count). The molecule has 42 heavy (non-hydrogen) atoms. The van der Waals surface area contributed by atoms with E-state index in [1.54, 1.807) is 30.3 Å².